The molecule has 2 heterocycles. The molecule has 1 aromatic heterocycles. The molecule has 0 bridgehead atoms. The van der Waals surface area contributed by atoms with Gasteiger partial charge in [-0.3, -0.25) is 0 Å². The molecule has 0 aliphatic carbocycles. The first-order valence-corrected chi connectivity index (χ1v) is 6.91. The second-order valence-corrected chi connectivity index (χ2v) is 6.12. The highest BCUT2D eigenvalue weighted by Gasteiger charge is 2.30. The monoisotopic (exact) mass is 289 g/mol. The molecule has 1 aliphatic rings. The number of hydrogen-bond donors (Lipinski definition) is 1. The van der Waals surface area contributed by atoms with E-state index in [-0.39, 0.29) is 11.6 Å². The molecule has 1 N–H and O–H groups in total. The Morgan fingerprint density at radius 1 is 1.73 bits per heavy atom. The van der Waals surface area contributed by atoms with Crippen molar-refractivity contribution in [2.24, 2.45) is 0 Å². The fourth-order valence-electron chi connectivity index (χ4n) is 1.64. The van der Waals surface area contributed by atoms with Crippen molar-refractivity contribution in [3.05, 3.63) is 20.8 Å². The standard InChI is InChI=1S/C11H16BrNOS/c1-3-11(2)7-14-9(5-13-11)10-4-8(12)6-15-10/h4,6,9,13H,3,5,7H2,1-2H3. The minimum atomic E-state index is 0.158. The lowest BCUT2D eigenvalue weighted by Crippen LogP contribution is -2.52. The molecule has 1 aromatic rings. The van der Waals surface area contributed by atoms with Crippen LogP contribution in [0, 0.1) is 0 Å². The number of hydrogen-bond acceptors (Lipinski definition) is 3. The molecule has 1 aliphatic heterocycles. The van der Waals surface area contributed by atoms with Crippen LogP contribution in [0.25, 0.3) is 0 Å². The highest BCUT2D eigenvalue weighted by molar-refractivity contribution is 9.10. The van der Waals surface area contributed by atoms with Gasteiger partial charge in [0.05, 0.1) is 6.61 Å². The summed E-state index contributed by atoms with van der Waals surface area (Å²) in [4.78, 5) is 1.30. The van der Waals surface area contributed by atoms with Gasteiger partial charge >= 0.3 is 0 Å². The predicted molar refractivity (Wildman–Crippen MR) is 67.4 cm³/mol. The van der Waals surface area contributed by atoms with Crippen LogP contribution in [0.15, 0.2) is 15.9 Å². The second kappa shape index (κ2) is 4.53. The van der Waals surface area contributed by atoms with E-state index in [1.165, 1.54) is 4.88 Å². The SMILES string of the molecule is CCC1(C)COC(c2cc(Br)cs2)CN1. The summed E-state index contributed by atoms with van der Waals surface area (Å²) in [7, 11) is 0. The number of morpholine rings is 1. The Bertz CT molecular complexity index is 331. The summed E-state index contributed by atoms with van der Waals surface area (Å²) in [5.74, 6) is 0. The topological polar surface area (TPSA) is 21.3 Å². The molecule has 2 unspecified atom stereocenters. The lowest BCUT2D eigenvalue weighted by atomic mass is 9.98. The van der Waals surface area contributed by atoms with Crippen LogP contribution >= 0.6 is 27.3 Å². The summed E-state index contributed by atoms with van der Waals surface area (Å²) in [6.07, 6.45) is 1.33. The summed E-state index contributed by atoms with van der Waals surface area (Å²) >= 11 is 5.22. The quantitative estimate of drug-likeness (QED) is 0.902. The van der Waals surface area contributed by atoms with Gasteiger partial charge in [0, 0.05) is 26.8 Å². The third-order valence-electron chi connectivity index (χ3n) is 3.00. The Labute approximate surface area is 103 Å². The van der Waals surface area contributed by atoms with E-state index in [0.29, 0.717) is 0 Å². The average molecular weight is 290 g/mol. The van der Waals surface area contributed by atoms with Gasteiger partial charge in [0.25, 0.3) is 0 Å². The molecule has 2 atom stereocenters. The molecule has 0 amide bonds. The Balaban J connectivity index is 1.99. The average Bonchev–Trinajstić information content (AvgIpc) is 2.66. The highest BCUT2D eigenvalue weighted by atomic mass is 79.9. The molecule has 15 heavy (non-hydrogen) atoms. The van der Waals surface area contributed by atoms with E-state index >= 15 is 0 Å². The molecule has 0 radical (unpaired) electrons. The zero-order valence-electron chi connectivity index (χ0n) is 9.05. The largest absolute Gasteiger partial charge is 0.369 e. The van der Waals surface area contributed by atoms with Crippen molar-refractivity contribution in [3.8, 4) is 0 Å². The fraction of sp³-hybridized carbons (Fsp3) is 0.636. The van der Waals surface area contributed by atoms with Crippen molar-refractivity contribution in [2.75, 3.05) is 13.2 Å². The van der Waals surface area contributed by atoms with E-state index in [0.717, 1.165) is 24.0 Å². The zero-order valence-corrected chi connectivity index (χ0v) is 11.5. The van der Waals surface area contributed by atoms with Gasteiger partial charge < -0.3 is 10.1 Å². The highest BCUT2D eigenvalue weighted by Crippen LogP contribution is 2.31. The van der Waals surface area contributed by atoms with Crippen molar-refractivity contribution >= 4 is 27.3 Å². The normalized spacial score (nSPS) is 31.8. The number of rotatable bonds is 2. The van der Waals surface area contributed by atoms with Crippen molar-refractivity contribution in [3.63, 3.8) is 0 Å². The lowest BCUT2D eigenvalue weighted by Gasteiger charge is -2.37. The van der Waals surface area contributed by atoms with Gasteiger partial charge in [-0.05, 0) is 35.3 Å². The third-order valence-corrected chi connectivity index (χ3v) is 4.79. The molecule has 1 saturated heterocycles. The number of halogens is 1. The first-order chi connectivity index (χ1) is 7.13. The summed E-state index contributed by atoms with van der Waals surface area (Å²) < 4.78 is 7.06. The van der Waals surface area contributed by atoms with E-state index in [1.54, 1.807) is 11.3 Å². The first-order valence-electron chi connectivity index (χ1n) is 5.23. The molecule has 0 aromatic carbocycles. The number of thiophene rings is 1. The van der Waals surface area contributed by atoms with Gasteiger partial charge in [-0.2, -0.15) is 0 Å². The van der Waals surface area contributed by atoms with Crippen LogP contribution < -0.4 is 5.32 Å². The molecule has 2 rings (SSSR count). The molecular weight excluding hydrogens is 274 g/mol. The van der Waals surface area contributed by atoms with E-state index in [9.17, 15) is 0 Å². The van der Waals surface area contributed by atoms with Crippen LogP contribution in [-0.2, 0) is 4.74 Å². The molecule has 84 valence electrons. The first kappa shape index (κ1) is 11.6. The van der Waals surface area contributed by atoms with Crippen molar-refractivity contribution in [1.82, 2.24) is 5.32 Å². The Morgan fingerprint density at radius 3 is 3.00 bits per heavy atom. The third kappa shape index (κ3) is 2.61. The minimum absolute atomic E-state index is 0.158. The van der Waals surface area contributed by atoms with Gasteiger partial charge in [-0.25, -0.2) is 0 Å². The molecule has 0 spiro atoms. The smallest absolute Gasteiger partial charge is 0.104 e. The van der Waals surface area contributed by atoms with Crippen LogP contribution in [0.2, 0.25) is 0 Å². The van der Waals surface area contributed by atoms with Crippen LogP contribution in [0.1, 0.15) is 31.2 Å². The minimum Gasteiger partial charge on any atom is -0.369 e. The summed E-state index contributed by atoms with van der Waals surface area (Å²) in [5, 5.41) is 5.67. The van der Waals surface area contributed by atoms with E-state index in [2.05, 4.69) is 46.5 Å². The molecule has 2 nitrogen and oxygen atoms in total. The molecule has 1 fully saturated rings. The van der Waals surface area contributed by atoms with Gasteiger partial charge in [-0.15, -0.1) is 11.3 Å². The predicted octanol–water partition coefficient (Wildman–Crippen LogP) is 3.34. The maximum atomic E-state index is 5.91. The molecular formula is C11H16BrNOS. The van der Waals surface area contributed by atoms with Gasteiger partial charge in [0.1, 0.15) is 6.10 Å². The van der Waals surface area contributed by atoms with Gasteiger partial charge in [0.15, 0.2) is 0 Å². The lowest BCUT2D eigenvalue weighted by molar-refractivity contribution is -0.0282. The summed E-state index contributed by atoms with van der Waals surface area (Å²) in [6.45, 7) is 6.12. The van der Waals surface area contributed by atoms with E-state index in [4.69, 9.17) is 4.74 Å². The van der Waals surface area contributed by atoms with Gasteiger partial charge in [0.2, 0.25) is 0 Å². The zero-order chi connectivity index (χ0) is 10.9. The van der Waals surface area contributed by atoms with Crippen molar-refractivity contribution in [1.29, 1.82) is 0 Å². The summed E-state index contributed by atoms with van der Waals surface area (Å²) in [6, 6.07) is 2.14. The Hall–Kier alpha value is 0.1000. The number of nitrogens with one attached hydrogen (secondary N) is 1. The van der Waals surface area contributed by atoms with Gasteiger partial charge in [-0.1, -0.05) is 6.92 Å². The Morgan fingerprint density at radius 2 is 2.53 bits per heavy atom. The number of ether oxygens (including phenoxy) is 1. The maximum Gasteiger partial charge on any atom is 0.104 e. The van der Waals surface area contributed by atoms with E-state index < -0.39 is 0 Å². The summed E-state index contributed by atoms with van der Waals surface area (Å²) in [5.41, 5.74) is 0.158. The van der Waals surface area contributed by atoms with Crippen LogP contribution in [-0.4, -0.2) is 18.7 Å². The van der Waals surface area contributed by atoms with Crippen LogP contribution in [0.3, 0.4) is 0 Å². The second-order valence-electron chi connectivity index (χ2n) is 4.26. The Kier molecular flexibility index (Phi) is 3.50. The maximum absolute atomic E-state index is 5.91. The van der Waals surface area contributed by atoms with Crippen molar-refractivity contribution < 1.29 is 4.74 Å². The molecule has 0 saturated carbocycles. The molecule has 4 heteroatoms. The van der Waals surface area contributed by atoms with E-state index in [1.807, 2.05) is 0 Å². The van der Waals surface area contributed by atoms with Crippen LogP contribution in [0.4, 0.5) is 0 Å². The van der Waals surface area contributed by atoms with Crippen LogP contribution in [0.5, 0.6) is 0 Å². The fourth-order valence-corrected chi connectivity index (χ4v) is 3.13. The van der Waals surface area contributed by atoms with Crippen molar-refractivity contribution in [2.45, 2.75) is 31.9 Å².